The highest BCUT2D eigenvalue weighted by atomic mass is 127. The van der Waals surface area contributed by atoms with E-state index < -0.39 is 0 Å². The molecule has 0 amide bonds. The van der Waals surface area contributed by atoms with Gasteiger partial charge in [-0.25, -0.2) is 4.98 Å². The smallest absolute Gasteiger partial charge is 0.129 e. The van der Waals surface area contributed by atoms with Gasteiger partial charge in [-0.05, 0) is 40.1 Å². The Morgan fingerprint density at radius 2 is 2.17 bits per heavy atom. The highest BCUT2D eigenvalue weighted by Gasteiger charge is 1.98. The van der Waals surface area contributed by atoms with Gasteiger partial charge < -0.3 is 0 Å². The predicted molar refractivity (Wildman–Crippen MR) is 59.5 cm³/mol. The molecule has 1 heterocycles. The van der Waals surface area contributed by atoms with Crippen LogP contribution in [0.1, 0.15) is 0 Å². The van der Waals surface area contributed by atoms with E-state index in [0.29, 0.717) is 5.15 Å². The fourth-order valence-electron chi connectivity index (χ4n) is 1.11. The Morgan fingerprint density at radius 1 is 1.33 bits per heavy atom. The van der Waals surface area contributed by atoms with Gasteiger partial charge in [0.25, 0.3) is 0 Å². The molecular formula is C9H5ClIN. The van der Waals surface area contributed by atoms with Crippen LogP contribution in [0.3, 0.4) is 0 Å². The standard InChI is InChI=1S/C9H5ClIN/c10-9-4-6-2-1-3-8(11)7(6)5-12-9/h1-5H. The lowest BCUT2D eigenvalue weighted by atomic mass is 10.2. The average molecular weight is 290 g/mol. The van der Waals surface area contributed by atoms with Crippen LogP contribution in [0.4, 0.5) is 0 Å². The molecule has 1 nitrogen and oxygen atoms in total. The number of pyridine rings is 1. The van der Waals surface area contributed by atoms with Gasteiger partial charge in [0, 0.05) is 15.2 Å². The van der Waals surface area contributed by atoms with E-state index in [9.17, 15) is 0 Å². The summed E-state index contributed by atoms with van der Waals surface area (Å²) in [5.74, 6) is 0. The van der Waals surface area contributed by atoms with Crippen molar-refractivity contribution < 1.29 is 0 Å². The van der Waals surface area contributed by atoms with Crippen LogP contribution in [-0.4, -0.2) is 4.98 Å². The highest BCUT2D eigenvalue weighted by Crippen LogP contribution is 2.21. The third-order valence-corrected chi connectivity index (χ3v) is 2.83. The summed E-state index contributed by atoms with van der Waals surface area (Å²) in [6.45, 7) is 0. The van der Waals surface area contributed by atoms with Gasteiger partial charge in [0.05, 0.1) is 0 Å². The van der Waals surface area contributed by atoms with E-state index in [1.165, 1.54) is 3.57 Å². The van der Waals surface area contributed by atoms with Crippen molar-refractivity contribution in [2.75, 3.05) is 0 Å². The number of halogens is 2. The van der Waals surface area contributed by atoms with Crippen molar-refractivity contribution in [1.29, 1.82) is 0 Å². The molecule has 12 heavy (non-hydrogen) atoms. The second-order valence-electron chi connectivity index (χ2n) is 2.47. The van der Waals surface area contributed by atoms with Gasteiger partial charge >= 0.3 is 0 Å². The molecule has 2 aromatic rings. The largest absolute Gasteiger partial charge is 0.244 e. The summed E-state index contributed by atoms with van der Waals surface area (Å²) in [5.41, 5.74) is 0. The zero-order valence-electron chi connectivity index (χ0n) is 6.09. The van der Waals surface area contributed by atoms with E-state index in [-0.39, 0.29) is 0 Å². The molecule has 60 valence electrons. The van der Waals surface area contributed by atoms with Crippen LogP contribution in [0.2, 0.25) is 5.15 Å². The first kappa shape index (κ1) is 8.26. The first-order valence-corrected chi connectivity index (χ1v) is 4.93. The molecule has 1 aromatic carbocycles. The minimum Gasteiger partial charge on any atom is -0.244 e. The minimum absolute atomic E-state index is 0.546. The topological polar surface area (TPSA) is 12.9 Å². The third kappa shape index (κ3) is 1.41. The molecule has 0 aliphatic carbocycles. The van der Waals surface area contributed by atoms with Crippen molar-refractivity contribution in [2.45, 2.75) is 0 Å². The quantitative estimate of drug-likeness (QED) is 0.534. The second-order valence-corrected chi connectivity index (χ2v) is 4.02. The maximum atomic E-state index is 5.76. The first-order chi connectivity index (χ1) is 5.77. The first-order valence-electron chi connectivity index (χ1n) is 3.47. The summed E-state index contributed by atoms with van der Waals surface area (Å²) < 4.78 is 1.20. The summed E-state index contributed by atoms with van der Waals surface area (Å²) in [6, 6.07) is 7.98. The summed E-state index contributed by atoms with van der Waals surface area (Å²) in [7, 11) is 0. The van der Waals surface area contributed by atoms with Crippen LogP contribution in [0.5, 0.6) is 0 Å². The fourth-order valence-corrected chi connectivity index (χ4v) is 1.93. The molecule has 3 heteroatoms. The highest BCUT2D eigenvalue weighted by molar-refractivity contribution is 14.1. The molecule has 1 aromatic heterocycles. The van der Waals surface area contributed by atoms with Crippen LogP contribution in [0.15, 0.2) is 30.5 Å². The Kier molecular flexibility index (Phi) is 2.19. The molecule has 0 aliphatic rings. The molecule has 0 spiro atoms. The molecule has 0 atom stereocenters. The summed E-state index contributed by atoms with van der Waals surface area (Å²) in [6.07, 6.45) is 1.80. The van der Waals surface area contributed by atoms with Crippen LogP contribution < -0.4 is 0 Å². The number of rotatable bonds is 0. The van der Waals surface area contributed by atoms with E-state index >= 15 is 0 Å². The monoisotopic (exact) mass is 289 g/mol. The third-order valence-electron chi connectivity index (χ3n) is 1.68. The van der Waals surface area contributed by atoms with Gasteiger partial charge in [0.15, 0.2) is 0 Å². The van der Waals surface area contributed by atoms with Crippen molar-refractivity contribution in [3.8, 4) is 0 Å². The van der Waals surface area contributed by atoms with Gasteiger partial charge in [-0.2, -0.15) is 0 Å². The van der Waals surface area contributed by atoms with Crippen LogP contribution in [-0.2, 0) is 0 Å². The van der Waals surface area contributed by atoms with Crippen molar-refractivity contribution in [3.63, 3.8) is 0 Å². The summed E-state index contributed by atoms with van der Waals surface area (Å²) in [5, 5.41) is 2.84. The van der Waals surface area contributed by atoms with E-state index in [1.807, 2.05) is 18.2 Å². The maximum absolute atomic E-state index is 5.76. The fraction of sp³-hybridized carbons (Fsp3) is 0. The molecule has 0 aliphatic heterocycles. The molecule has 0 N–H and O–H groups in total. The van der Waals surface area contributed by atoms with E-state index in [4.69, 9.17) is 11.6 Å². The molecule has 0 bridgehead atoms. The molecule has 0 unspecified atom stereocenters. The molecule has 2 rings (SSSR count). The normalized spacial score (nSPS) is 10.5. The number of hydrogen-bond acceptors (Lipinski definition) is 1. The van der Waals surface area contributed by atoms with Gasteiger partial charge in [-0.3, -0.25) is 0 Å². The molecule has 0 fully saturated rings. The number of hydrogen-bond donors (Lipinski definition) is 0. The van der Waals surface area contributed by atoms with Crippen molar-refractivity contribution in [1.82, 2.24) is 4.98 Å². The lowest BCUT2D eigenvalue weighted by Gasteiger charge is -1.98. The Morgan fingerprint density at radius 3 is 3.00 bits per heavy atom. The maximum Gasteiger partial charge on any atom is 0.129 e. The number of aromatic nitrogens is 1. The second kappa shape index (κ2) is 3.18. The summed E-state index contributed by atoms with van der Waals surface area (Å²) >= 11 is 8.04. The Labute approximate surface area is 88.9 Å². The lowest BCUT2D eigenvalue weighted by molar-refractivity contribution is 1.36. The van der Waals surface area contributed by atoms with Crippen LogP contribution in [0.25, 0.3) is 10.8 Å². The summed E-state index contributed by atoms with van der Waals surface area (Å²) in [4.78, 5) is 4.03. The number of benzene rings is 1. The molecular weight excluding hydrogens is 284 g/mol. The Bertz CT molecular complexity index is 428. The van der Waals surface area contributed by atoms with Crippen LogP contribution >= 0.6 is 34.2 Å². The Balaban J connectivity index is 2.86. The predicted octanol–water partition coefficient (Wildman–Crippen LogP) is 3.49. The van der Waals surface area contributed by atoms with Gasteiger partial charge in [0.1, 0.15) is 5.15 Å². The van der Waals surface area contributed by atoms with Gasteiger partial charge in [0.2, 0.25) is 0 Å². The molecule has 0 radical (unpaired) electrons. The van der Waals surface area contributed by atoms with E-state index in [2.05, 4.69) is 33.6 Å². The van der Waals surface area contributed by atoms with E-state index in [0.717, 1.165) is 10.8 Å². The zero-order valence-corrected chi connectivity index (χ0v) is 9.00. The SMILES string of the molecule is Clc1cc2cccc(I)c2cn1. The van der Waals surface area contributed by atoms with Crippen molar-refractivity contribution in [2.24, 2.45) is 0 Å². The number of nitrogens with zero attached hydrogens (tertiary/aromatic N) is 1. The van der Waals surface area contributed by atoms with Crippen molar-refractivity contribution >= 4 is 45.0 Å². The zero-order chi connectivity index (χ0) is 8.55. The molecule has 0 saturated carbocycles. The van der Waals surface area contributed by atoms with Crippen LogP contribution in [0, 0.1) is 3.57 Å². The molecule has 0 saturated heterocycles. The van der Waals surface area contributed by atoms with Crippen molar-refractivity contribution in [3.05, 3.63) is 39.2 Å². The van der Waals surface area contributed by atoms with E-state index in [1.54, 1.807) is 6.20 Å². The number of fused-ring (bicyclic) bond motifs is 1. The average Bonchev–Trinajstić information content (AvgIpc) is 2.04. The Hall–Kier alpha value is -0.350. The minimum atomic E-state index is 0.546. The van der Waals surface area contributed by atoms with Gasteiger partial charge in [-0.15, -0.1) is 0 Å². The van der Waals surface area contributed by atoms with Gasteiger partial charge in [-0.1, -0.05) is 23.7 Å². The lowest BCUT2D eigenvalue weighted by Crippen LogP contribution is -1.80.